The molecule has 2 aromatic heterocycles. The van der Waals surface area contributed by atoms with Crippen molar-refractivity contribution < 1.29 is 14.1 Å². The summed E-state index contributed by atoms with van der Waals surface area (Å²) in [4.78, 5) is 32.2. The molecular formula is C20H20N3O3+. The van der Waals surface area contributed by atoms with Crippen LogP contribution in [-0.4, -0.2) is 42.0 Å². The molecule has 1 amide bonds. The van der Waals surface area contributed by atoms with Crippen LogP contribution in [0.1, 0.15) is 15.9 Å². The van der Waals surface area contributed by atoms with Gasteiger partial charge in [-0.1, -0.05) is 18.2 Å². The number of carbonyl (C=O) groups excluding carboxylic acids is 1. The highest BCUT2D eigenvalue weighted by atomic mass is 16.4. The van der Waals surface area contributed by atoms with Crippen LogP contribution in [0.4, 0.5) is 0 Å². The second kappa shape index (κ2) is 7.09. The lowest BCUT2D eigenvalue weighted by atomic mass is 10.1. The minimum absolute atomic E-state index is 0.112. The molecule has 26 heavy (non-hydrogen) atoms. The van der Waals surface area contributed by atoms with E-state index in [-0.39, 0.29) is 11.5 Å². The zero-order chi connectivity index (χ0) is 17.9. The molecule has 1 fully saturated rings. The molecule has 0 aliphatic carbocycles. The van der Waals surface area contributed by atoms with Crippen molar-refractivity contribution in [1.82, 2.24) is 9.88 Å². The fourth-order valence-electron chi connectivity index (χ4n) is 3.37. The highest BCUT2D eigenvalue weighted by molar-refractivity contribution is 5.96. The molecule has 0 radical (unpaired) electrons. The van der Waals surface area contributed by atoms with Gasteiger partial charge >= 0.3 is 5.63 Å². The lowest BCUT2D eigenvalue weighted by Gasteiger charge is -2.32. The Kier molecular flexibility index (Phi) is 4.50. The van der Waals surface area contributed by atoms with Crippen LogP contribution in [0.3, 0.4) is 0 Å². The van der Waals surface area contributed by atoms with Gasteiger partial charge in [0.2, 0.25) is 0 Å². The minimum atomic E-state index is -0.569. The van der Waals surface area contributed by atoms with E-state index in [9.17, 15) is 9.59 Å². The highest BCUT2D eigenvalue weighted by Crippen LogP contribution is 2.13. The number of benzene rings is 1. The van der Waals surface area contributed by atoms with E-state index < -0.39 is 5.63 Å². The standard InChI is InChI=1S/C20H19N3O3/c24-19(17-13-16-3-1-2-4-18(16)26-20(17)25)23-11-9-22(10-12-23)14-15-5-7-21-8-6-15/h1-8,13H,9-12,14H2/p+1. The molecule has 0 spiro atoms. The van der Waals surface area contributed by atoms with Crippen LogP contribution in [0.5, 0.6) is 0 Å². The number of hydrogen-bond donors (Lipinski definition) is 1. The molecule has 0 saturated carbocycles. The van der Waals surface area contributed by atoms with E-state index in [2.05, 4.69) is 4.98 Å². The molecule has 1 aromatic carbocycles. The highest BCUT2D eigenvalue weighted by Gasteiger charge is 2.26. The van der Waals surface area contributed by atoms with Crippen molar-refractivity contribution in [3.8, 4) is 0 Å². The van der Waals surface area contributed by atoms with Gasteiger partial charge in [0.15, 0.2) is 0 Å². The van der Waals surface area contributed by atoms with Crippen molar-refractivity contribution in [1.29, 1.82) is 0 Å². The summed E-state index contributed by atoms with van der Waals surface area (Å²) in [5.74, 6) is -0.243. The summed E-state index contributed by atoms with van der Waals surface area (Å²) in [6, 6.07) is 12.9. The van der Waals surface area contributed by atoms with Gasteiger partial charge in [-0.15, -0.1) is 0 Å². The molecule has 0 unspecified atom stereocenters. The number of carbonyl (C=O) groups is 1. The Balaban J connectivity index is 1.45. The summed E-state index contributed by atoms with van der Waals surface area (Å²) in [6.45, 7) is 3.89. The molecule has 6 heteroatoms. The van der Waals surface area contributed by atoms with Gasteiger partial charge in [-0.05, 0) is 24.3 Å². The van der Waals surface area contributed by atoms with Crippen LogP contribution >= 0.6 is 0 Å². The molecule has 3 heterocycles. The Morgan fingerprint density at radius 3 is 2.62 bits per heavy atom. The van der Waals surface area contributed by atoms with Crippen LogP contribution in [0.2, 0.25) is 0 Å². The predicted molar refractivity (Wildman–Crippen MR) is 97.0 cm³/mol. The lowest BCUT2D eigenvalue weighted by molar-refractivity contribution is -0.917. The molecule has 0 atom stereocenters. The quantitative estimate of drug-likeness (QED) is 0.707. The smallest absolute Gasteiger partial charge is 0.349 e. The molecule has 0 bridgehead atoms. The van der Waals surface area contributed by atoms with E-state index >= 15 is 0 Å². The van der Waals surface area contributed by atoms with Gasteiger partial charge in [-0.3, -0.25) is 9.78 Å². The largest absolute Gasteiger partial charge is 0.422 e. The summed E-state index contributed by atoms with van der Waals surface area (Å²) in [5.41, 5.74) is 1.28. The van der Waals surface area contributed by atoms with E-state index in [1.807, 2.05) is 24.3 Å². The van der Waals surface area contributed by atoms with Crippen molar-refractivity contribution in [3.63, 3.8) is 0 Å². The van der Waals surface area contributed by atoms with Gasteiger partial charge in [0.1, 0.15) is 17.7 Å². The third-order valence-electron chi connectivity index (χ3n) is 4.83. The van der Waals surface area contributed by atoms with Crippen LogP contribution in [0.15, 0.2) is 64.1 Å². The number of quaternary nitrogens is 1. The van der Waals surface area contributed by atoms with Crippen molar-refractivity contribution in [3.05, 3.63) is 76.4 Å². The van der Waals surface area contributed by atoms with Crippen LogP contribution in [-0.2, 0) is 6.54 Å². The zero-order valence-electron chi connectivity index (χ0n) is 14.4. The third-order valence-corrected chi connectivity index (χ3v) is 4.83. The normalized spacial score (nSPS) is 15.3. The monoisotopic (exact) mass is 350 g/mol. The number of fused-ring (bicyclic) bond motifs is 1. The van der Waals surface area contributed by atoms with Gasteiger partial charge < -0.3 is 14.2 Å². The minimum Gasteiger partial charge on any atom is -0.422 e. The maximum atomic E-state index is 12.8. The summed E-state index contributed by atoms with van der Waals surface area (Å²) < 4.78 is 5.29. The molecule has 3 aromatic rings. The first-order chi connectivity index (χ1) is 12.7. The molecule has 1 aliphatic rings. The molecule has 4 rings (SSSR count). The van der Waals surface area contributed by atoms with Gasteiger partial charge in [-0.2, -0.15) is 0 Å². The number of rotatable bonds is 3. The maximum Gasteiger partial charge on any atom is 0.349 e. The first-order valence-corrected chi connectivity index (χ1v) is 8.75. The average molecular weight is 350 g/mol. The average Bonchev–Trinajstić information content (AvgIpc) is 2.68. The number of hydrogen-bond acceptors (Lipinski definition) is 4. The summed E-state index contributed by atoms with van der Waals surface area (Å²) >= 11 is 0. The topological polar surface area (TPSA) is 67.8 Å². The van der Waals surface area contributed by atoms with Crippen molar-refractivity contribution >= 4 is 16.9 Å². The van der Waals surface area contributed by atoms with Crippen LogP contribution < -0.4 is 10.5 Å². The van der Waals surface area contributed by atoms with Crippen molar-refractivity contribution in [2.45, 2.75) is 6.54 Å². The Morgan fingerprint density at radius 2 is 1.85 bits per heavy atom. The fraction of sp³-hybridized carbons (Fsp3) is 0.250. The zero-order valence-corrected chi connectivity index (χ0v) is 14.4. The SMILES string of the molecule is O=C(c1cc2ccccc2oc1=O)N1CC[NH+](Cc2ccncc2)CC1. The van der Waals surface area contributed by atoms with Crippen LogP contribution in [0.25, 0.3) is 11.0 Å². The number of nitrogens with zero attached hydrogens (tertiary/aromatic N) is 2. The van der Waals surface area contributed by atoms with Gasteiger partial charge in [0.05, 0.1) is 26.2 Å². The lowest BCUT2D eigenvalue weighted by Crippen LogP contribution is -3.13. The Hall–Kier alpha value is -2.99. The molecule has 132 valence electrons. The van der Waals surface area contributed by atoms with Gasteiger partial charge in [-0.25, -0.2) is 4.79 Å². The van der Waals surface area contributed by atoms with E-state index in [1.54, 1.807) is 35.5 Å². The van der Waals surface area contributed by atoms with E-state index in [0.717, 1.165) is 25.0 Å². The number of nitrogens with one attached hydrogen (secondary N) is 1. The molecule has 1 saturated heterocycles. The van der Waals surface area contributed by atoms with E-state index in [0.29, 0.717) is 18.7 Å². The van der Waals surface area contributed by atoms with Crippen molar-refractivity contribution in [2.24, 2.45) is 0 Å². The Labute approximate surface area is 150 Å². The van der Waals surface area contributed by atoms with E-state index in [1.165, 1.54) is 10.5 Å². The van der Waals surface area contributed by atoms with Crippen LogP contribution in [0, 0.1) is 0 Å². The van der Waals surface area contributed by atoms with E-state index in [4.69, 9.17) is 4.42 Å². The molecule has 1 N–H and O–H groups in total. The number of para-hydroxylation sites is 1. The second-order valence-corrected chi connectivity index (χ2v) is 6.56. The summed E-state index contributed by atoms with van der Waals surface area (Å²) in [6.07, 6.45) is 3.60. The van der Waals surface area contributed by atoms with Gasteiger partial charge in [0, 0.05) is 23.3 Å². The maximum absolute atomic E-state index is 12.8. The number of piperazine rings is 1. The van der Waals surface area contributed by atoms with Gasteiger partial charge in [0.25, 0.3) is 5.91 Å². The Bertz CT molecular complexity index is 976. The second-order valence-electron chi connectivity index (χ2n) is 6.56. The molecular weight excluding hydrogens is 330 g/mol. The fourth-order valence-corrected chi connectivity index (χ4v) is 3.37. The summed E-state index contributed by atoms with van der Waals surface area (Å²) in [5, 5.41) is 0.761. The predicted octanol–water partition coefficient (Wildman–Crippen LogP) is 0.729. The summed E-state index contributed by atoms with van der Waals surface area (Å²) in [7, 11) is 0. The number of amides is 1. The number of pyridine rings is 1. The Morgan fingerprint density at radius 1 is 1.12 bits per heavy atom. The third kappa shape index (κ3) is 3.36. The number of aromatic nitrogens is 1. The molecule has 1 aliphatic heterocycles. The molecule has 6 nitrogen and oxygen atoms in total. The van der Waals surface area contributed by atoms with Crippen molar-refractivity contribution in [2.75, 3.05) is 26.2 Å². The first kappa shape index (κ1) is 16.5. The first-order valence-electron chi connectivity index (χ1n) is 8.75.